The van der Waals surface area contributed by atoms with Gasteiger partial charge in [-0.25, -0.2) is 9.97 Å². The SMILES string of the molecule is COc1ccc(-c2cc(-c3ccccc3)nc(NC(=O)CNc3ccc(C)c(C)c3)n2)cc1. The quantitative estimate of drug-likeness (QED) is 0.399. The fourth-order valence-corrected chi connectivity index (χ4v) is 3.37. The van der Waals surface area contributed by atoms with E-state index in [-0.39, 0.29) is 18.4 Å². The number of hydrogen-bond donors (Lipinski definition) is 2. The van der Waals surface area contributed by atoms with Gasteiger partial charge in [0.15, 0.2) is 0 Å². The standard InChI is InChI=1S/C27H26N4O2/c1-18-9-12-22(15-19(18)2)28-17-26(32)31-27-29-24(20-7-5-4-6-8-20)16-25(30-27)21-10-13-23(33-3)14-11-21/h4-16,28H,17H2,1-3H3,(H,29,30,31,32). The number of nitrogens with zero attached hydrogens (tertiary/aromatic N) is 2. The Morgan fingerprint density at radius 3 is 2.12 bits per heavy atom. The average Bonchev–Trinajstić information content (AvgIpc) is 2.85. The van der Waals surface area contributed by atoms with Crippen molar-refractivity contribution in [3.63, 3.8) is 0 Å². The van der Waals surface area contributed by atoms with Gasteiger partial charge in [0, 0.05) is 16.8 Å². The zero-order valence-corrected chi connectivity index (χ0v) is 18.9. The van der Waals surface area contributed by atoms with Crippen LogP contribution in [-0.2, 0) is 4.79 Å². The van der Waals surface area contributed by atoms with E-state index in [4.69, 9.17) is 4.74 Å². The van der Waals surface area contributed by atoms with Crippen molar-refractivity contribution in [3.8, 4) is 28.3 Å². The number of carbonyl (C=O) groups is 1. The Hall–Kier alpha value is -4.19. The van der Waals surface area contributed by atoms with Crippen molar-refractivity contribution in [1.82, 2.24) is 9.97 Å². The largest absolute Gasteiger partial charge is 0.497 e. The van der Waals surface area contributed by atoms with Crippen LogP contribution >= 0.6 is 0 Å². The summed E-state index contributed by atoms with van der Waals surface area (Å²) in [6, 6.07) is 25.4. The lowest BCUT2D eigenvalue weighted by atomic mass is 10.1. The van der Waals surface area contributed by atoms with Gasteiger partial charge in [-0.2, -0.15) is 0 Å². The third kappa shape index (κ3) is 5.54. The summed E-state index contributed by atoms with van der Waals surface area (Å²) >= 11 is 0. The first-order valence-electron chi connectivity index (χ1n) is 10.7. The molecule has 0 saturated heterocycles. The number of ether oxygens (including phenoxy) is 1. The van der Waals surface area contributed by atoms with E-state index in [1.807, 2.05) is 85.8 Å². The number of rotatable bonds is 7. The van der Waals surface area contributed by atoms with Gasteiger partial charge in [0.2, 0.25) is 11.9 Å². The normalized spacial score (nSPS) is 10.5. The zero-order valence-electron chi connectivity index (χ0n) is 18.9. The molecule has 0 atom stereocenters. The summed E-state index contributed by atoms with van der Waals surface area (Å²) in [4.78, 5) is 21.8. The molecule has 6 nitrogen and oxygen atoms in total. The molecule has 0 spiro atoms. The van der Waals surface area contributed by atoms with Crippen molar-refractivity contribution < 1.29 is 9.53 Å². The molecule has 4 aromatic rings. The van der Waals surface area contributed by atoms with Gasteiger partial charge >= 0.3 is 0 Å². The van der Waals surface area contributed by atoms with Crippen LogP contribution in [0.4, 0.5) is 11.6 Å². The third-order valence-corrected chi connectivity index (χ3v) is 5.39. The predicted molar refractivity (Wildman–Crippen MR) is 132 cm³/mol. The number of aromatic nitrogens is 2. The Labute approximate surface area is 193 Å². The van der Waals surface area contributed by atoms with Gasteiger partial charge in [0.05, 0.1) is 25.0 Å². The van der Waals surface area contributed by atoms with Gasteiger partial charge in [0.25, 0.3) is 0 Å². The summed E-state index contributed by atoms with van der Waals surface area (Å²) in [7, 11) is 1.63. The molecule has 4 rings (SSSR count). The van der Waals surface area contributed by atoms with E-state index in [0.717, 1.165) is 28.3 Å². The van der Waals surface area contributed by atoms with Gasteiger partial charge in [-0.15, -0.1) is 0 Å². The van der Waals surface area contributed by atoms with Crippen LogP contribution in [0.3, 0.4) is 0 Å². The molecule has 1 amide bonds. The molecule has 1 heterocycles. The molecule has 0 fully saturated rings. The molecular formula is C27H26N4O2. The van der Waals surface area contributed by atoms with E-state index >= 15 is 0 Å². The number of carbonyl (C=O) groups excluding carboxylic acids is 1. The second-order valence-corrected chi connectivity index (χ2v) is 7.76. The first kappa shape index (κ1) is 22.0. The Morgan fingerprint density at radius 1 is 0.818 bits per heavy atom. The smallest absolute Gasteiger partial charge is 0.246 e. The van der Waals surface area contributed by atoms with E-state index in [1.165, 1.54) is 11.1 Å². The Morgan fingerprint density at radius 2 is 1.48 bits per heavy atom. The Bertz CT molecular complexity index is 1260. The molecule has 0 aliphatic carbocycles. The third-order valence-electron chi connectivity index (χ3n) is 5.39. The predicted octanol–water partition coefficient (Wildman–Crippen LogP) is 5.49. The summed E-state index contributed by atoms with van der Waals surface area (Å²) in [6.07, 6.45) is 0. The topological polar surface area (TPSA) is 76.1 Å². The second-order valence-electron chi connectivity index (χ2n) is 7.76. The molecule has 0 unspecified atom stereocenters. The van der Waals surface area contributed by atoms with Crippen molar-refractivity contribution in [2.24, 2.45) is 0 Å². The molecule has 33 heavy (non-hydrogen) atoms. The molecule has 6 heteroatoms. The maximum Gasteiger partial charge on any atom is 0.246 e. The molecule has 0 aliphatic heterocycles. The van der Waals surface area contributed by atoms with Crippen LogP contribution in [0, 0.1) is 13.8 Å². The molecule has 0 aliphatic rings. The molecular weight excluding hydrogens is 412 g/mol. The fourth-order valence-electron chi connectivity index (χ4n) is 3.37. The van der Waals surface area contributed by atoms with Crippen molar-refractivity contribution in [2.45, 2.75) is 13.8 Å². The van der Waals surface area contributed by atoms with Gasteiger partial charge < -0.3 is 10.1 Å². The summed E-state index contributed by atoms with van der Waals surface area (Å²) in [5.74, 6) is 0.801. The lowest BCUT2D eigenvalue weighted by Crippen LogP contribution is -2.23. The molecule has 1 aromatic heterocycles. The molecule has 0 bridgehead atoms. The van der Waals surface area contributed by atoms with Crippen LogP contribution in [0.15, 0.2) is 78.9 Å². The Balaban J connectivity index is 1.57. The number of benzene rings is 3. The van der Waals surface area contributed by atoms with Crippen LogP contribution in [0.1, 0.15) is 11.1 Å². The van der Waals surface area contributed by atoms with Gasteiger partial charge in [-0.3, -0.25) is 10.1 Å². The molecule has 0 saturated carbocycles. The van der Waals surface area contributed by atoms with Crippen molar-refractivity contribution >= 4 is 17.5 Å². The maximum absolute atomic E-state index is 12.6. The number of nitrogens with one attached hydrogen (secondary N) is 2. The van der Waals surface area contributed by atoms with E-state index in [0.29, 0.717) is 5.69 Å². The van der Waals surface area contributed by atoms with E-state index in [1.54, 1.807) is 7.11 Å². The zero-order chi connectivity index (χ0) is 23.2. The number of amides is 1. The van der Waals surface area contributed by atoms with Crippen molar-refractivity contribution in [3.05, 3.63) is 90.0 Å². The maximum atomic E-state index is 12.6. The number of anilines is 2. The van der Waals surface area contributed by atoms with Gasteiger partial charge in [-0.1, -0.05) is 36.4 Å². The highest BCUT2D eigenvalue weighted by molar-refractivity contribution is 5.92. The molecule has 2 N–H and O–H groups in total. The highest BCUT2D eigenvalue weighted by Crippen LogP contribution is 2.26. The molecule has 3 aromatic carbocycles. The minimum Gasteiger partial charge on any atom is -0.497 e. The first-order chi connectivity index (χ1) is 16.0. The van der Waals surface area contributed by atoms with Crippen LogP contribution in [0.2, 0.25) is 0 Å². The summed E-state index contributed by atoms with van der Waals surface area (Å²) in [6.45, 7) is 4.22. The minimum atomic E-state index is -0.223. The average molecular weight is 439 g/mol. The Kier molecular flexibility index (Phi) is 6.64. The molecule has 0 radical (unpaired) electrons. The van der Waals surface area contributed by atoms with Crippen LogP contribution in [0.5, 0.6) is 5.75 Å². The summed E-state index contributed by atoms with van der Waals surface area (Å²) < 4.78 is 5.25. The van der Waals surface area contributed by atoms with Gasteiger partial charge in [-0.05, 0) is 67.4 Å². The van der Waals surface area contributed by atoms with E-state index < -0.39 is 0 Å². The lowest BCUT2D eigenvalue weighted by Gasteiger charge is -2.11. The minimum absolute atomic E-state index is 0.110. The number of aryl methyl sites for hydroxylation is 2. The highest BCUT2D eigenvalue weighted by Gasteiger charge is 2.11. The summed E-state index contributed by atoms with van der Waals surface area (Å²) in [5, 5.41) is 5.99. The van der Waals surface area contributed by atoms with Crippen LogP contribution in [0.25, 0.3) is 22.5 Å². The fraction of sp³-hybridized carbons (Fsp3) is 0.148. The monoisotopic (exact) mass is 438 g/mol. The molecule has 166 valence electrons. The van der Waals surface area contributed by atoms with Crippen molar-refractivity contribution in [2.75, 3.05) is 24.3 Å². The first-order valence-corrected chi connectivity index (χ1v) is 10.7. The lowest BCUT2D eigenvalue weighted by molar-refractivity contribution is -0.114. The van der Waals surface area contributed by atoms with Crippen molar-refractivity contribution in [1.29, 1.82) is 0 Å². The number of hydrogen-bond acceptors (Lipinski definition) is 5. The summed E-state index contributed by atoms with van der Waals surface area (Å²) in [5.41, 5.74) is 6.56. The van der Waals surface area contributed by atoms with E-state index in [2.05, 4.69) is 27.5 Å². The number of methoxy groups -OCH3 is 1. The van der Waals surface area contributed by atoms with Crippen LogP contribution < -0.4 is 15.4 Å². The van der Waals surface area contributed by atoms with Crippen LogP contribution in [-0.4, -0.2) is 29.5 Å². The van der Waals surface area contributed by atoms with Gasteiger partial charge in [0.1, 0.15) is 5.75 Å². The van der Waals surface area contributed by atoms with E-state index in [9.17, 15) is 4.79 Å². The second kappa shape index (κ2) is 9.96. The highest BCUT2D eigenvalue weighted by atomic mass is 16.5.